The highest BCUT2D eigenvalue weighted by molar-refractivity contribution is 5.41. The van der Waals surface area contributed by atoms with Crippen molar-refractivity contribution in [3.63, 3.8) is 0 Å². The Morgan fingerprint density at radius 3 is 2.46 bits per heavy atom. The lowest BCUT2D eigenvalue weighted by Gasteiger charge is -2.23. The Morgan fingerprint density at radius 2 is 1.71 bits per heavy atom. The number of hydrogen-bond donors (Lipinski definition) is 1. The van der Waals surface area contributed by atoms with Gasteiger partial charge in [0.25, 0.3) is 0 Å². The Hall–Kier alpha value is -1.06. The Morgan fingerprint density at radius 1 is 1.00 bits per heavy atom. The van der Waals surface area contributed by atoms with Crippen LogP contribution in [0.1, 0.15) is 89.7 Å². The summed E-state index contributed by atoms with van der Waals surface area (Å²) < 4.78 is 6.13. The van der Waals surface area contributed by atoms with Gasteiger partial charge in [0.05, 0.1) is 6.61 Å². The summed E-state index contributed by atoms with van der Waals surface area (Å²) in [6.07, 6.45) is 11.5. The van der Waals surface area contributed by atoms with E-state index in [1.165, 1.54) is 82.1 Å². The second-order valence-corrected chi connectivity index (χ2v) is 9.75. The SMILES string of the molecule is Cc1ccc(OCCCCCCCCN2CCC[C@H](N)CC2)c(C(C)(C)C)c1. The van der Waals surface area contributed by atoms with Crippen LogP contribution in [-0.2, 0) is 5.41 Å². The van der Waals surface area contributed by atoms with E-state index in [9.17, 15) is 0 Å². The van der Waals surface area contributed by atoms with Gasteiger partial charge in [0.15, 0.2) is 0 Å². The fraction of sp³-hybridized carbons (Fsp3) is 0.760. The topological polar surface area (TPSA) is 38.5 Å². The predicted octanol–water partition coefficient (Wildman–Crippen LogP) is 5.83. The molecular weight excluding hydrogens is 344 g/mol. The second kappa shape index (κ2) is 11.8. The van der Waals surface area contributed by atoms with Gasteiger partial charge in [0.2, 0.25) is 0 Å². The lowest BCUT2D eigenvalue weighted by molar-refractivity contribution is 0.275. The van der Waals surface area contributed by atoms with Gasteiger partial charge >= 0.3 is 0 Å². The minimum absolute atomic E-state index is 0.125. The van der Waals surface area contributed by atoms with E-state index in [4.69, 9.17) is 10.5 Å². The van der Waals surface area contributed by atoms with Crippen molar-refractivity contribution in [3.05, 3.63) is 29.3 Å². The molecule has 1 aliphatic heterocycles. The summed E-state index contributed by atoms with van der Waals surface area (Å²) in [4.78, 5) is 2.62. The van der Waals surface area contributed by atoms with Gasteiger partial charge in [0, 0.05) is 6.04 Å². The summed E-state index contributed by atoms with van der Waals surface area (Å²) in [5.41, 5.74) is 8.82. The van der Waals surface area contributed by atoms with Gasteiger partial charge in [0.1, 0.15) is 5.75 Å². The van der Waals surface area contributed by atoms with E-state index in [1.807, 2.05) is 0 Å². The average Bonchev–Trinajstić information content (AvgIpc) is 2.85. The number of hydrogen-bond acceptors (Lipinski definition) is 3. The minimum atomic E-state index is 0.125. The van der Waals surface area contributed by atoms with Crippen LogP contribution in [-0.4, -0.2) is 37.2 Å². The third kappa shape index (κ3) is 8.53. The Labute approximate surface area is 174 Å². The lowest BCUT2D eigenvalue weighted by atomic mass is 9.85. The van der Waals surface area contributed by atoms with Crippen molar-refractivity contribution in [2.24, 2.45) is 5.73 Å². The van der Waals surface area contributed by atoms with E-state index in [2.05, 4.69) is 50.8 Å². The number of unbranched alkanes of at least 4 members (excludes halogenated alkanes) is 5. The zero-order valence-corrected chi connectivity index (χ0v) is 18.9. The van der Waals surface area contributed by atoms with E-state index >= 15 is 0 Å². The van der Waals surface area contributed by atoms with Crippen LogP contribution in [0.4, 0.5) is 0 Å². The van der Waals surface area contributed by atoms with Crippen LogP contribution in [0.3, 0.4) is 0 Å². The molecule has 1 aromatic rings. The number of benzene rings is 1. The van der Waals surface area contributed by atoms with Crippen molar-refractivity contribution in [2.75, 3.05) is 26.2 Å². The molecule has 0 spiro atoms. The highest BCUT2D eigenvalue weighted by atomic mass is 16.5. The molecule has 1 aromatic carbocycles. The molecular formula is C25H44N2O. The average molecular weight is 389 g/mol. The summed E-state index contributed by atoms with van der Waals surface area (Å²) in [7, 11) is 0. The molecule has 0 aromatic heterocycles. The highest BCUT2D eigenvalue weighted by Gasteiger charge is 2.19. The van der Waals surface area contributed by atoms with Crippen LogP contribution >= 0.6 is 0 Å². The molecule has 28 heavy (non-hydrogen) atoms. The molecule has 1 atom stereocenters. The quantitative estimate of drug-likeness (QED) is 0.513. The van der Waals surface area contributed by atoms with Crippen molar-refractivity contribution in [2.45, 2.75) is 96.9 Å². The molecule has 1 heterocycles. The van der Waals surface area contributed by atoms with Crippen molar-refractivity contribution < 1.29 is 4.74 Å². The molecule has 0 aliphatic carbocycles. The standard InChI is InChI=1S/C25H44N2O/c1-21-13-14-24(23(20-21)25(2,3)4)28-19-10-8-6-5-7-9-16-27-17-11-12-22(26)15-18-27/h13-14,20,22H,5-12,15-19,26H2,1-4H3/t22-/m0/s1. The first-order valence-corrected chi connectivity index (χ1v) is 11.6. The first-order chi connectivity index (χ1) is 13.4. The van der Waals surface area contributed by atoms with Gasteiger partial charge in [-0.3, -0.25) is 0 Å². The molecule has 1 saturated heterocycles. The van der Waals surface area contributed by atoms with Crippen molar-refractivity contribution in [3.8, 4) is 5.75 Å². The lowest BCUT2D eigenvalue weighted by Crippen LogP contribution is -2.27. The van der Waals surface area contributed by atoms with Crippen molar-refractivity contribution in [1.29, 1.82) is 0 Å². The molecule has 2 N–H and O–H groups in total. The summed E-state index contributed by atoms with van der Waals surface area (Å²) in [5, 5.41) is 0. The number of nitrogens with two attached hydrogens (primary N) is 1. The smallest absolute Gasteiger partial charge is 0.123 e. The van der Waals surface area contributed by atoms with E-state index in [0.717, 1.165) is 18.8 Å². The van der Waals surface area contributed by atoms with Crippen LogP contribution in [0, 0.1) is 6.92 Å². The predicted molar refractivity (Wildman–Crippen MR) is 121 cm³/mol. The minimum Gasteiger partial charge on any atom is -0.493 e. The molecule has 3 heteroatoms. The number of aryl methyl sites for hydroxylation is 1. The Kier molecular flexibility index (Phi) is 9.81. The number of ether oxygens (including phenoxy) is 1. The molecule has 2 rings (SSSR count). The van der Waals surface area contributed by atoms with E-state index in [1.54, 1.807) is 0 Å². The highest BCUT2D eigenvalue weighted by Crippen LogP contribution is 2.32. The maximum Gasteiger partial charge on any atom is 0.123 e. The largest absolute Gasteiger partial charge is 0.493 e. The first kappa shape index (κ1) is 23.2. The van der Waals surface area contributed by atoms with Crippen LogP contribution in [0.15, 0.2) is 18.2 Å². The van der Waals surface area contributed by atoms with Gasteiger partial charge in [-0.15, -0.1) is 0 Å². The molecule has 0 unspecified atom stereocenters. The molecule has 160 valence electrons. The Balaban J connectivity index is 1.53. The molecule has 1 fully saturated rings. The van der Waals surface area contributed by atoms with Crippen LogP contribution in [0.2, 0.25) is 0 Å². The summed E-state index contributed by atoms with van der Waals surface area (Å²) >= 11 is 0. The van der Waals surface area contributed by atoms with Crippen LogP contribution < -0.4 is 10.5 Å². The number of likely N-dealkylation sites (tertiary alicyclic amines) is 1. The van der Waals surface area contributed by atoms with Gasteiger partial charge < -0.3 is 15.4 Å². The summed E-state index contributed by atoms with van der Waals surface area (Å²) in [5.74, 6) is 1.07. The molecule has 1 aliphatic rings. The molecule has 3 nitrogen and oxygen atoms in total. The fourth-order valence-electron chi connectivity index (χ4n) is 4.09. The van der Waals surface area contributed by atoms with E-state index in [0.29, 0.717) is 6.04 Å². The first-order valence-electron chi connectivity index (χ1n) is 11.6. The maximum atomic E-state index is 6.13. The summed E-state index contributed by atoms with van der Waals surface area (Å²) in [6.45, 7) is 13.5. The normalized spacial score (nSPS) is 18.8. The molecule has 0 bridgehead atoms. The van der Waals surface area contributed by atoms with Gasteiger partial charge in [-0.25, -0.2) is 0 Å². The second-order valence-electron chi connectivity index (χ2n) is 9.75. The number of nitrogens with zero attached hydrogens (tertiary/aromatic N) is 1. The maximum absolute atomic E-state index is 6.13. The fourth-order valence-corrected chi connectivity index (χ4v) is 4.09. The number of rotatable bonds is 10. The zero-order valence-electron chi connectivity index (χ0n) is 18.9. The van der Waals surface area contributed by atoms with Gasteiger partial charge in [-0.2, -0.15) is 0 Å². The van der Waals surface area contributed by atoms with Gasteiger partial charge in [-0.1, -0.05) is 64.2 Å². The van der Waals surface area contributed by atoms with Crippen LogP contribution in [0.25, 0.3) is 0 Å². The molecule has 0 amide bonds. The Bertz CT molecular complexity index is 564. The third-order valence-electron chi connectivity index (χ3n) is 5.93. The van der Waals surface area contributed by atoms with E-state index in [-0.39, 0.29) is 5.41 Å². The summed E-state index contributed by atoms with van der Waals surface area (Å²) in [6, 6.07) is 7.01. The molecule has 0 saturated carbocycles. The third-order valence-corrected chi connectivity index (χ3v) is 5.93. The van der Waals surface area contributed by atoms with Gasteiger partial charge in [-0.05, 0) is 75.7 Å². The van der Waals surface area contributed by atoms with Crippen molar-refractivity contribution in [1.82, 2.24) is 4.90 Å². The van der Waals surface area contributed by atoms with E-state index < -0.39 is 0 Å². The van der Waals surface area contributed by atoms with Crippen LogP contribution in [0.5, 0.6) is 5.75 Å². The van der Waals surface area contributed by atoms with Crippen molar-refractivity contribution >= 4 is 0 Å². The monoisotopic (exact) mass is 388 g/mol. The zero-order chi connectivity index (χ0) is 20.4. The molecule has 0 radical (unpaired) electrons.